The number of aromatic nitrogens is 2. The van der Waals surface area contributed by atoms with Crippen molar-refractivity contribution in [3.8, 4) is 11.5 Å². The van der Waals surface area contributed by atoms with Crippen LogP contribution in [0.5, 0.6) is 11.5 Å². The third-order valence-electron chi connectivity index (χ3n) is 4.33. The van der Waals surface area contributed by atoms with E-state index in [9.17, 15) is 35.9 Å². The fourth-order valence-electron chi connectivity index (χ4n) is 2.75. The second kappa shape index (κ2) is 9.77. The number of rotatable bonds is 6. The van der Waals surface area contributed by atoms with Crippen LogP contribution in [0.4, 0.5) is 42.0 Å². The summed E-state index contributed by atoms with van der Waals surface area (Å²) in [6.45, 7) is 0. The summed E-state index contributed by atoms with van der Waals surface area (Å²) < 4.78 is 88.0. The van der Waals surface area contributed by atoms with Gasteiger partial charge in [0.15, 0.2) is 16.5 Å². The normalized spacial score (nSPS) is 11.7. The summed E-state index contributed by atoms with van der Waals surface area (Å²) >= 11 is 0.637. The minimum atomic E-state index is -5.08. The van der Waals surface area contributed by atoms with Gasteiger partial charge >= 0.3 is 18.4 Å². The van der Waals surface area contributed by atoms with Crippen LogP contribution in [-0.2, 0) is 12.4 Å². The largest absolute Gasteiger partial charge is 0.493 e. The smallest absolute Gasteiger partial charge is 0.416 e. The van der Waals surface area contributed by atoms with Crippen LogP contribution in [0.2, 0.25) is 0 Å². The standard InChI is InChI=1S/C20H14F6N4O4S/c1-33-13-4-3-9(5-14(13)34-2)15(31)16-29-30-18(35-16)28-17(32)27-12-7-10(19(21,22)23)6-11(8-12)20(24,25)26/h3-8H,1-2H3,(H2,27,28,30,32). The molecule has 15 heteroatoms. The summed E-state index contributed by atoms with van der Waals surface area (Å²) in [7, 11) is 2.79. The minimum Gasteiger partial charge on any atom is -0.493 e. The number of ether oxygens (including phenoxy) is 2. The number of urea groups is 1. The van der Waals surface area contributed by atoms with E-state index in [0.717, 1.165) is 0 Å². The van der Waals surface area contributed by atoms with Gasteiger partial charge in [-0.1, -0.05) is 11.3 Å². The highest BCUT2D eigenvalue weighted by Gasteiger charge is 2.37. The number of benzene rings is 2. The molecule has 0 radical (unpaired) electrons. The Morgan fingerprint density at radius 2 is 1.43 bits per heavy atom. The van der Waals surface area contributed by atoms with Gasteiger partial charge in [0.2, 0.25) is 10.9 Å². The number of amides is 2. The van der Waals surface area contributed by atoms with Crippen LogP contribution in [0.1, 0.15) is 26.5 Å². The molecule has 0 atom stereocenters. The average molecular weight is 520 g/mol. The molecule has 3 rings (SSSR count). The predicted octanol–water partition coefficient (Wildman–Crippen LogP) is 5.47. The van der Waals surface area contributed by atoms with Crippen molar-refractivity contribution in [3.05, 3.63) is 58.1 Å². The predicted molar refractivity (Wildman–Crippen MR) is 112 cm³/mol. The molecule has 2 amide bonds. The zero-order chi connectivity index (χ0) is 26.0. The maximum absolute atomic E-state index is 13.0. The second-order valence-corrected chi connectivity index (χ2v) is 7.66. The van der Waals surface area contributed by atoms with Crippen molar-refractivity contribution in [2.45, 2.75) is 12.4 Å². The highest BCUT2D eigenvalue weighted by molar-refractivity contribution is 7.17. The van der Waals surface area contributed by atoms with Gasteiger partial charge in [-0.3, -0.25) is 10.1 Å². The number of hydrogen-bond donors (Lipinski definition) is 2. The first kappa shape index (κ1) is 25.7. The number of anilines is 2. The van der Waals surface area contributed by atoms with Crippen LogP contribution < -0.4 is 20.1 Å². The van der Waals surface area contributed by atoms with E-state index in [2.05, 4.69) is 15.5 Å². The van der Waals surface area contributed by atoms with Crippen LogP contribution in [0.3, 0.4) is 0 Å². The molecule has 0 unspecified atom stereocenters. The molecule has 0 saturated heterocycles. The molecule has 1 heterocycles. The van der Waals surface area contributed by atoms with Gasteiger partial charge in [0.1, 0.15) is 0 Å². The molecular weight excluding hydrogens is 506 g/mol. The van der Waals surface area contributed by atoms with E-state index in [1.807, 2.05) is 5.32 Å². The molecule has 0 spiro atoms. The number of carbonyl (C=O) groups excluding carboxylic acids is 2. The number of alkyl halides is 6. The molecule has 35 heavy (non-hydrogen) atoms. The topological polar surface area (TPSA) is 102 Å². The second-order valence-electron chi connectivity index (χ2n) is 6.68. The van der Waals surface area contributed by atoms with Gasteiger partial charge in [-0.15, -0.1) is 10.2 Å². The molecule has 2 aromatic carbocycles. The molecule has 186 valence electrons. The Balaban J connectivity index is 1.76. The minimum absolute atomic E-state index is 0.0696. The Hall–Kier alpha value is -3.88. The molecule has 0 fully saturated rings. The first-order valence-electron chi connectivity index (χ1n) is 9.29. The summed E-state index contributed by atoms with van der Waals surface area (Å²) in [6, 6.07) is 3.76. The first-order chi connectivity index (χ1) is 16.3. The first-order valence-corrected chi connectivity index (χ1v) is 10.1. The monoisotopic (exact) mass is 520 g/mol. The van der Waals surface area contributed by atoms with Crippen LogP contribution in [0.25, 0.3) is 0 Å². The summed E-state index contributed by atoms with van der Waals surface area (Å²) in [5, 5.41) is 10.9. The van der Waals surface area contributed by atoms with E-state index in [-0.39, 0.29) is 27.5 Å². The van der Waals surface area contributed by atoms with Gasteiger partial charge in [0, 0.05) is 11.3 Å². The Morgan fingerprint density at radius 3 is 1.97 bits per heavy atom. The molecule has 0 aliphatic heterocycles. The van der Waals surface area contributed by atoms with Gasteiger partial charge in [0.05, 0.1) is 25.3 Å². The van der Waals surface area contributed by atoms with E-state index < -0.39 is 41.0 Å². The molecule has 8 nitrogen and oxygen atoms in total. The molecule has 3 aromatic rings. The molecule has 2 N–H and O–H groups in total. The number of ketones is 1. The van der Waals surface area contributed by atoms with Crippen molar-refractivity contribution in [2.24, 2.45) is 0 Å². The van der Waals surface area contributed by atoms with E-state index in [1.165, 1.54) is 32.4 Å². The van der Waals surface area contributed by atoms with Gasteiger partial charge in [-0.05, 0) is 36.4 Å². The lowest BCUT2D eigenvalue weighted by molar-refractivity contribution is -0.143. The SMILES string of the molecule is COc1ccc(C(=O)c2nnc(NC(=O)Nc3cc(C(F)(F)F)cc(C(F)(F)F)c3)s2)cc1OC. The maximum atomic E-state index is 13.0. The van der Waals surface area contributed by atoms with Crippen LogP contribution in [0.15, 0.2) is 36.4 Å². The Morgan fingerprint density at radius 1 is 0.829 bits per heavy atom. The van der Waals surface area contributed by atoms with Crippen molar-refractivity contribution in [1.29, 1.82) is 0 Å². The number of nitrogens with zero attached hydrogens (tertiary/aromatic N) is 2. The highest BCUT2D eigenvalue weighted by Crippen LogP contribution is 2.37. The van der Waals surface area contributed by atoms with Crippen LogP contribution in [-0.4, -0.2) is 36.2 Å². The van der Waals surface area contributed by atoms with Gasteiger partial charge in [0.25, 0.3) is 0 Å². The lowest BCUT2D eigenvalue weighted by Crippen LogP contribution is -2.20. The highest BCUT2D eigenvalue weighted by atomic mass is 32.1. The summed E-state index contributed by atoms with van der Waals surface area (Å²) in [6.07, 6.45) is -10.2. The Labute approximate surface area is 196 Å². The molecule has 0 saturated carbocycles. The maximum Gasteiger partial charge on any atom is 0.416 e. The lowest BCUT2D eigenvalue weighted by Gasteiger charge is -2.14. The Kier molecular flexibility index (Phi) is 7.19. The van der Waals surface area contributed by atoms with Crippen molar-refractivity contribution < 1.29 is 45.4 Å². The zero-order valence-corrected chi connectivity index (χ0v) is 18.5. The lowest BCUT2D eigenvalue weighted by atomic mass is 10.1. The quantitative estimate of drug-likeness (QED) is 0.330. The summed E-state index contributed by atoms with van der Waals surface area (Å²) in [5.41, 5.74) is -3.78. The van der Waals surface area contributed by atoms with Crippen molar-refractivity contribution in [2.75, 3.05) is 24.9 Å². The molecule has 0 bridgehead atoms. The molecule has 1 aromatic heterocycles. The number of hydrogen-bond acceptors (Lipinski definition) is 7. The number of methoxy groups -OCH3 is 2. The van der Waals surface area contributed by atoms with Crippen LogP contribution in [0, 0.1) is 0 Å². The Bertz CT molecular complexity index is 1230. The fourth-order valence-corrected chi connectivity index (χ4v) is 3.45. The van der Waals surface area contributed by atoms with Gasteiger partial charge in [-0.2, -0.15) is 26.3 Å². The van der Waals surface area contributed by atoms with E-state index in [0.29, 0.717) is 29.2 Å². The van der Waals surface area contributed by atoms with Crippen molar-refractivity contribution in [1.82, 2.24) is 10.2 Å². The summed E-state index contributed by atoms with van der Waals surface area (Å²) in [4.78, 5) is 24.8. The van der Waals surface area contributed by atoms with E-state index in [4.69, 9.17) is 9.47 Å². The van der Waals surface area contributed by atoms with E-state index >= 15 is 0 Å². The van der Waals surface area contributed by atoms with Gasteiger partial charge in [-0.25, -0.2) is 4.79 Å². The van der Waals surface area contributed by atoms with Crippen molar-refractivity contribution in [3.63, 3.8) is 0 Å². The molecule has 0 aliphatic carbocycles. The molecular formula is C20H14F6N4O4S. The number of nitrogens with one attached hydrogen (secondary N) is 2. The fraction of sp³-hybridized carbons (Fsp3) is 0.200. The summed E-state index contributed by atoms with van der Waals surface area (Å²) in [5.74, 6) is 0.0770. The van der Waals surface area contributed by atoms with Gasteiger partial charge < -0.3 is 14.8 Å². The third kappa shape index (κ3) is 6.17. The zero-order valence-electron chi connectivity index (χ0n) is 17.7. The number of carbonyl (C=O) groups is 2. The average Bonchev–Trinajstić information content (AvgIpc) is 3.24. The number of halogens is 6. The molecule has 0 aliphatic rings. The third-order valence-corrected chi connectivity index (χ3v) is 5.17. The van der Waals surface area contributed by atoms with Crippen molar-refractivity contribution >= 4 is 34.0 Å². The van der Waals surface area contributed by atoms with E-state index in [1.54, 1.807) is 0 Å². The van der Waals surface area contributed by atoms with Crippen LogP contribution >= 0.6 is 11.3 Å².